The van der Waals surface area contributed by atoms with Gasteiger partial charge < -0.3 is 51.0 Å². The van der Waals surface area contributed by atoms with E-state index in [-0.39, 0.29) is 55.6 Å². The van der Waals surface area contributed by atoms with Gasteiger partial charge in [0.1, 0.15) is 30.1 Å². The molecular formula is C57H64FN9O14. The van der Waals surface area contributed by atoms with E-state index in [4.69, 9.17) is 14.5 Å². The number of pyridine rings is 2. The van der Waals surface area contributed by atoms with E-state index in [0.29, 0.717) is 76.7 Å². The Balaban J connectivity index is 0.883. The summed E-state index contributed by atoms with van der Waals surface area (Å²) in [6, 6.07) is 8.12. The predicted molar refractivity (Wildman–Crippen MR) is 286 cm³/mol. The second-order valence-corrected chi connectivity index (χ2v) is 21.4. The van der Waals surface area contributed by atoms with E-state index < -0.39 is 126 Å². The summed E-state index contributed by atoms with van der Waals surface area (Å²) in [6.07, 6.45) is 3.55. The second kappa shape index (κ2) is 24.4. The van der Waals surface area contributed by atoms with Crippen LogP contribution in [0, 0.1) is 12.7 Å². The van der Waals surface area contributed by atoms with Gasteiger partial charge >= 0.3 is 11.9 Å². The van der Waals surface area contributed by atoms with E-state index in [1.54, 1.807) is 71.0 Å². The fraction of sp³-hybridized carbons (Fsp3) is 0.439. The number of esters is 2. The van der Waals surface area contributed by atoms with Gasteiger partial charge in [0.2, 0.25) is 35.4 Å². The number of amides is 8. The lowest BCUT2D eigenvalue weighted by Crippen LogP contribution is -2.53. The lowest BCUT2D eigenvalue weighted by molar-refractivity contribution is -0.172. The predicted octanol–water partition coefficient (Wildman–Crippen LogP) is 1.41. The minimum Gasteiger partial charge on any atom is -0.460 e. The van der Waals surface area contributed by atoms with Crippen LogP contribution in [0.4, 0.5) is 4.39 Å². The van der Waals surface area contributed by atoms with Crippen LogP contribution in [-0.4, -0.2) is 123 Å². The average Bonchev–Trinajstić information content (AvgIpc) is 2.37. The van der Waals surface area contributed by atoms with Crippen molar-refractivity contribution in [1.29, 1.82) is 0 Å². The molecule has 23 nitrogen and oxygen atoms in total. The summed E-state index contributed by atoms with van der Waals surface area (Å²) in [6.45, 7) is 6.09. The Hall–Kier alpha value is -8.67. The molecular weight excluding hydrogens is 1050 g/mol. The number of rotatable bonds is 22. The molecule has 0 saturated heterocycles. The molecule has 1 aliphatic carbocycles. The summed E-state index contributed by atoms with van der Waals surface area (Å²) < 4.78 is 27.5. The summed E-state index contributed by atoms with van der Waals surface area (Å²) in [5, 5.41) is 27.5. The van der Waals surface area contributed by atoms with Crippen LogP contribution in [0.5, 0.6) is 0 Å². The highest BCUT2D eigenvalue weighted by molar-refractivity contribution is 6.12. The Morgan fingerprint density at radius 2 is 1.51 bits per heavy atom. The van der Waals surface area contributed by atoms with Crippen LogP contribution in [0.3, 0.4) is 0 Å². The van der Waals surface area contributed by atoms with Crippen molar-refractivity contribution < 1.29 is 66.9 Å². The first kappa shape index (κ1) is 58.5. The van der Waals surface area contributed by atoms with Gasteiger partial charge in [0.15, 0.2) is 5.60 Å². The van der Waals surface area contributed by atoms with Gasteiger partial charge in [0.05, 0.1) is 61.1 Å². The van der Waals surface area contributed by atoms with Crippen molar-refractivity contribution in [2.75, 3.05) is 26.2 Å². The van der Waals surface area contributed by atoms with Crippen molar-refractivity contribution in [3.05, 3.63) is 110 Å². The standard InChI is InChI=1S/C57H64FN9O14/c1-6-57(79)35-22-41-51-33(28-67(41)54(77)34(35)29-80-55(57)78)50-37(17-16-32-30(2)36(58)23-38(65-51)49(32)50)62-45(71)27-61-52(75)39(21-31-13-9-7-10-14-31)64-44(70)26-59-43(69)25-60-53(76)40(24-48(74)81-56(3,4)5)63-42(68)15-11-8-12-20-66-46(72)18-19-47(66)73/h7,9-10,13-14,18-19,22-23,37,39-40,79H,6,8,11-12,15-17,20-21,24-29H2,1-5H3,(H,59,69)(H,60,76)(H,61,75)(H,62,71)(H,63,68)(H,64,70)/t37-,39-,40?,57-/m0/s1. The molecule has 24 heteroatoms. The molecule has 2 aromatic heterocycles. The van der Waals surface area contributed by atoms with Crippen LogP contribution in [-0.2, 0) is 89.0 Å². The third kappa shape index (κ3) is 13.2. The van der Waals surface area contributed by atoms with Crippen LogP contribution in [0.2, 0.25) is 0 Å². The molecule has 0 radical (unpaired) electrons. The van der Waals surface area contributed by atoms with Gasteiger partial charge in [-0.15, -0.1) is 0 Å². The van der Waals surface area contributed by atoms with Crippen molar-refractivity contribution in [3.8, 4) is 11.4 Å². The van der Waals surface area contributed by atoms with E-state index in [1.807, 2.05) is 0 Å². The van der Waals surface area contributed by atoms with Gasteiger partial charge in [-0.1, -0.05) is 43.7 Å². The number of ether oxygens (including phenoxy) is 2. The molecule has 7 N–H and O–H groups in total. The van der Waals surface area contributed by atoms with Crippen molar-refractivity contribution >= 4 is 70.1 Å². The molecule has 428 valence electrons. The molecule has 4 aliphatic rings. The summed E-state index contributed by atoms with van der Waals surface area (Å²) in [4.78, 5) is 150. The minimum absolute atomic E-state index is 0.0108. The number of cyclic esters (lactones) is 1. The number of halogens is 1. The fourth-order valence-electron chi connectivity index (χ4n) is 10.5. The van der Waals surface area contributed by atoms with E-state index in [9.17, 15) is 57.8 Å². The molecule has 3 aliphatic heterocycles. The number of hydrogen-bond acceptors (Lipinski definition) is 15. The number of carbonyl (C=O) groups excluding carboxylic acids is 10. The van der Waals surface area contributed by atoms with Crippen molar-refractivity contribution in [1.82, 2.24) is 46.4 Å². The molecule has 0 saturated carbocycles. The number of fused-ring (bicyclic) bond motifs is 5. The quantitative estimate of drug-likeness (QED) is 0.0293. The topological polar surface area (TPSA) is 320 Å². The van der Waals surface area contributed by atoms with E-state index >= 15 is 4.39 Å². The van der Waals surface area contributed by atoms with Crippen molar-refractivity contribution in [2.45, 2.75) is 135 Å². The zero-order valence-electron chi connectivity index (χ0n) is 45.5. The van der Waals surface area contributed by atoms with Crippen molar-refractivity contribution in [3.63, 3.8) is 0 Å². The minimum atomic E-state index is -2.08. The summed E-state index contributed by atoms with van der Waals surface area (Å²) in [5.74, 6) is -7.48. The molecule has 81 heavy (non-hydrogen) atoms. The number of aromatic nitrogens is 2. The van der Waals surface area contributed by atoms with Crippen LogP contribution in [0.25, 0.3) is 22.3 Å². The number of nitrogens with one attached hydrogen (secondary N) is 6. The zero-order chi connectivity index (χ0) is 58.5. The van der Waals surface area contributed by atoms with Gasteiger partial charge in [-0.25, -0.2) is 14.2 Å². The van der Waals surface area contributed by atoms with Crippen molar-refractivity contribution in [2.24, 2.45) is 0 Å². The summed E-state index contributed by atoms with van der Waals surface area (Å²) >= 11 is 0. The van der Waals surface area contributed by atoms with Gasteiger partial charge in [0, 0.05) is 54.1 Å². The summed E-state index contributed by atoms with van der Waals surface area (Å²) in [5.41, 5.74) is 0.546. The lowest BCUT2D eigenvalue weighted by Gasteiger charge is -2.31. The second-order valence-electron chi connectivity index (χ2n) is 21.4. The van der Waals surface area contributed by atoms with Gasteiger partial charge in [0.25, 0.3) is 17.4 Å². The first-order valence-electron chi connectivity index (χ1n) is 26.8. The third-order valence-corrected chi connectivity index (χ3v) is 14.6. The molecule has 4 aromatic rings. The molecule has 1 unspecified atom stereocenters. The Kier molecular flexibility index (Phi) is 17.6. The maximum absolute atomic E-state index is 15.5. The fourth-order valence-corrected chi connectivity index (χ4v) is 10.5. The maximum Gasteiger partial charge on any atom is 0.343 e. The van der Waals surface area contributed by atoms with E-state index in [1.165, 1.54) is 22.8 Å². The van der Waals surface area contributed by atoms with Gasteiger partial charge in [-0.05, 0) is 88.1 Å². The summed E-state index contributed by atoms with van der Waals surface area (Å²) in [7, 11) is 0. The zero-order valence-corrected chi connectivity index (χ0v) is 45.5. The number of aliphatic hydroxyl groups is 1. The van der Waals surface area contributed by atoms with Gasteiger partial charge in [-0.3, -0.25) is 52.8 Å². The van der Waals surface area contributed by atoms with Crippen LogP contribution >= 0.6 is 0 Å². The largest absolute Gasteiger partial charge is 0.460 e. The number of hydrogen-bond donors (Lipinski definition) is 7. The maximum atomic E-state index is 15.5. The Bertz CT molecular complexity index is 3340. The number of aryl methyl sites for hydroxylation is 1. The van der Waals surface area contributed by atoms with Crippen LogP contribution in [0.15, 0.2) is 59.4 Å². The number of carbonyl (C=O) groups is 10. The smallest absolute Gasteiger partial charge is 0.343 e. The number of benzene rings is 2. The monoisotopic (exact) mass is 1120 g/mol. The molecule has 0 fully saturated rings. The first-order chi connectivity index (χ1) is 38.5. The first-order valence-corrected chi connectivity index (χ1v) is 26.8. The van der Waals surface area contributed by atoms with Gasteiger partial charge in [-0.2, -0.15) is 0 Å². The number of nitrogens with zero attached hydrogens (tertiary/aromatic N) is 3. The molecule has 0 bridgehead atoms. The highest BCUT2D eigenvalue weighted by Crippen LogP contribution is 2.46. The van der Waals surface area contributed by atoms with E-state index in [0.717, 1.165) is 4.90 Å². The van der Waals surface area contributed by atoms with E-state index in [2.05, 4.69) is 31.9 Å². The Labute approximate surface area is 464 Å². The SMILES string of the molecule is CC[C@@]1(O)C(=O)OCc2c1cc1n(c2=O)Cc2c-1nc1cc(F)c(C)c3c1c2[C@@H](NC(=O)CNC(=O)[C@H](Cc1ccccc1)NC(=O)CNC(=O)CNC(=O)C(CC(=O)OC(C)(C)C)NC(=O)CCCCCN1C(=O)C=CC1=O)CC3. The number of imide groups is 1. The Morgan fingerprint density at radius 3 is 2.20 bits per heavy atom. The number of unbranched alkanes of at least 4 members (excludes halogenated alkanes) is 2. The molecule has 8 amide bonds. The van der Waals surface area contributed by atoms with Crippen LogP contribution < -0.4 is 37.5 Å². The normalized spacial score (nSPS) is 17.5. The molecule has 4 atom stereocenters. The molecule has 0 spiro atoms. The molecule has 2 aromatic carbocycles. The third-order valence-electron chi connectivity index (χ3n) is 14.6. The molecule has 8 rings (SSSR count). The average molecular weight is 1120 g/mol. The molecule has 5 heterocycles. The lowest BCUT2D eigenvalue weighted by atomic mass is 9.81. The van der Waals surface area contributed by atoms with Crippen LogP contribution in [0.1, 0.15) is 118 Å². The highest BCUT2D eigenvalue weighted by Gasteiger charge is 2.46. The Morgan fingerprint density at radius 1 is 0.840 bits per heavy atom. The highest BCUT2D eigenvalue weighted by atomic mass is 19.1.